The smallest absolute Gasteiger partial charge is 0.335 e. The molecule has 0 spiro atoms. The first kappa shape index (κ1) is 15.5. The van der Waals surface area contributed by atoms with E-state index in [2.05, 4.69) is 4.72 Å². The zero-order valence-corrected chi connectivity index (χ0v) is 12.0. The summed E-state index contributed by atoms with van der Waals surface area (Å²) in [5.41, 5.74) is -0.679. The molecule has 106 valence electrons. The second-order valence-electron chi connectivity index (χ2n) is 5.03. The normalized spacial score (nSPS) is 12.2. The predicted octanol–water partition coefficient (Wildman–Crippen LogP) is 1.47. The van der Waals surface area contributed by atoms with Gasteiger partial charge in [-0.1, -0.05) is 0 Å². The van der Waals surface area contributed by atoms with Crippen molar-refractivity contribution in [3.05, 3.63) is 23.8 Å². The zero-order valence-electron chi connectivity index (χ0n) is 11.2. The molecule has 0 aromatic heterocycles. The average molecular weight is 287 g/mol. The molecule has 0 bridgehead atoms. The number of aromatic carboxylic acids is 1. The summed E-state index contributed by atoms with van der Waals surface area (Å²) in [5, 5.41) is 8.86. The van der Waals surface area contributed by atoms with Gasteiger partial charge in [0, 0.05) is 5.54 Å². The number of sulfonamides is 1. The lowest BCUT2D eigenvalue weighted by molar-refractivity contribution is 0.0696. The highest BCUT2D eigenvalue weighted by Gasteiger charge is 2.25. The largest absolute Gasteiger partial charge is 0.495 e. The van der Waals surface area contributed by atoms with E-state index in [9.17, 15) is 13.2 Å². The number of nitrogens with one attached hydrogen (secondary N) is 1. The molecule has 1 aromatic rings. The molecule has 19 heavy (non-hydrogen) atoms. The molecule has 0 atom stereocenters. The van der Waals surface area contributed by atoms with Crippen molar-refractivity contribution in [3.8, 4) is 5.75 Å². The fraction of sp³-hybridized carbons (Fsp3) is 0.417. The summed E-state index contributed by atoms with van der Waals surface area (Å²) >= 11 is 0. The Morgan fingerprint density at radius 2 is 1.89 bits per heavy atom. The number of carboxylic acids is 1. The summed E-state index contributed by atoms with van der Waals surface area (Å²) in [5.74, 6) is -1.15. The van der Waals surface area contributed by atoms with E-state index in [-0.39, 0.29) is 16.2 Å². The van der Waals surface area contributed by atoms with Crippen LogP contribution in [-0.4, -0.2) is 32.1 Å². The van der Waals surface area contributed by atoms with Crippen LogP contribution in [0.25, 0.3) is 0 Å². The van der Waals surface area contributed by atoms with Crippen LogP contribution < -0.4 is 9.46 Å². The molecule has 2 N–H and O–H groups in total. The maximum atomic E-state index is 12.2. The van der Waals surface area contributed by atoms with Crippen molar-refractivity contribution in [1.82, 2.24) is 4.72 Å². The third kappa shape index (κ3) is 3.93. The van der Waals surface area contributed by atoms with Gasteiger partial charge < -0.3 is 9.84 Å². The number of carbonyl (C=O) groups is 1. The minimum Gasteiger partial charge on any atom is -0.495 e. The first-order valence-corrected chi connectivity index (χ1v) is 7.00. The minimum atomic E-state index is -3.77. The molecule has 0 saturated carbocycles. The molecular weight excluding hydrogens is 270 g/mol. The fourth-order valence-electron chi connectivity index (χ4n) is 1.48. The molecule has 0 aliphatic rings. The summed E-state index contributed by atoms with van der Waals surface area (Å²) in [6.07, 6.45) is 0. The lowest BCUT2D eigenvalue weighted by Crippen LogP contribution is -2.40. The van der Waals surface area contributed by atoms with Crippen LogP contribution in [0, 0.1) is 0 Å². The van der Waals surface area contributed by atoms with Crippen LogP contribution >= 0.6 is 0 Å². The van der Waals surface area contributed by atoms with Crippen LogP contribution in [-0.2, 0) is 10.0 Å². The second-order valence-corrected chi connectivity index (χ2v) is 6.68. The highest BCUT2D eigenvalue weighted by Crippen LogP contribution is 2.26. The van der Waals surface area contributed by atoms with Crippen molar-refractivity contribution in [2.45, 2.75) is 31.2 Å². The third-order valence-corrected chi connectivity index (χ3v) is 3.94. The fourth-order valence-corrected chi connectivity index (χ4v) is 3.05. The summed E-state index contributed by atoms with van der Waals surface area (Å²) in [6, 6.07) is 3.62. The molecule has 0 aliphatic heterocycles. The van der Waals surface area contributed by atoms with Crippen LogP contribution in [0.5, 0.6) is 5.75 Å². The quantitative estimate of drug-likeness (QED) is 0.874. The summed E-state index contributed by atoms with van der Waals surface area (Å²) in [4.78, 5) is 10.8. The number of benzene rings is 1. The molecule has 1 rings (SSSR count). The summed E-state index contributed by atoms with van der Waals surface area (Å²) in [7, 11) is -2.48. The molecule has 0 saturated heterocycles. The van der Waals surface area contributed by atoms with E-state index in [1.165, 1.54) is 25.3 Å². The van der Waals surface area contributed by atoms with E-state index in [1.54, 1.807) is 20.8 Å². The van der Waals surface area contributed by atoms with Crippen LogP contribution in [0.2, 0.25) is 0 Å². The van der Waals surface area contributed by atoms with Gasteiger partial charge in [-0.15, -0.1) is 0 Å². The Morgan fingerprint density at radius 3 is 2.32 bits per heavy atom. The Hall–Kier alpha value is -1.60. The topological polar surface area (TPSA) is 92.7 Å². The Labute approximate surface area is 112 Å². The molecule has 0 fully saturated rings. The van der Waals surface area contributed by atoms with E-state index in [1.807, 2.05) is 0 Å². The molecule has 0 unspecified atom stereocenters. The molecule has 0 amide bonds. The van der Waals surface area contributed by atoms with Crippen molar-refractivity contribution in [3.63, 3.8) is 0 Å². The van der Waals surface area contributed by atoms with Gasteiger partial charge in [0.15, 0.2) is 0 Å². The minimum absolute atomic E-state index is 0.00310. The maximum Gasteiger partial charge on any atom is 0.335 e. The van der Waals surface area contributed by atoms with E-state index in [0.29, 0.717) is 0 Å². The van der Waals surface area contributed by atoms with Gasteiger partial charge in [0.25, 0.3) is 0 Å². The van der Waals surface area contributed by atoms with Gasteiger partial charge in [-0.05, 0) is 39.0 Å². The third-order valence-electron chi connectivity index (χ3n) is 2.14. The van der Waals surface area contributed by atoms with Crippen LogP contribution in [0.3, 0.4) is 0 Å². The standard InChI is InChI=1S/C12H17NO5S/c1-12(2,3)13-19(16,17)10-6-5-8(11(14)15)7-9(10)18-4/h5-7,13H,1-4H3,(H,14,15). The van der Waals surface area contributed by atoms with Crippen molar-refractivity contribution < 1.29 is 23.1 Å². The monoisotopic (exact) mass is 287 g/mol. The number of methoxy groups -OCH3 is 1. The van der Waals surface area contributed by atoms with Gasteiger partial charge in [0.1, 0.15) is 10.6 Å². The SMILES string of the molecule is COc1cc(C(=O)O)ccc1S(=O)(=O)NC(C)(C)C. The Balaban J connectivity index is 3.31. The van der Waals surface area contributed by atoms with Crippen molar-refractivity contribution in [2.24, 2.45) is 0 Å². The van der Waals surface area contributed by atoms with Gasteiger partial charge in [-0.25, -0.2) is 17.9 Å². The second kappa shape index (κ2) is 5.18. The van der Waals surface area contributed by atoms with Crippen molar-refractivity contribution in [2.75, 3.05) is 7.11 Å². The first-order chi connectivity index (χ1) is 8.57. The number of hydrogen-bond acceptors (Lipinski definition) is 4. The Morgan fingerprint density at radius 1 is 1.32 bits per heavy atom. The molecule has 0 radical (unpaired) electrons. The maximum absolute atomic E-state index is 12.2. The molecule has 7 heteroatoms. The van der Waals surface area contributed by atoms with Crippen LogP contribution in [0.4, 0.5) is 0 Å². The summed E-state index contributed by atoms with van der Waals surface area (Å²) in [6.45, 7) is 5.13. The number of hydrogen-bond donors (Lipinski definition) is 2. The van der Waals surface area contributed by atoms with Gasteiger partial charge >= 0.3 is 5.97 Å². The van der Waals surface area contributed by atoms with E-state index >= 15 is 0 Å². The van der Waals surface area contributed by atoms with E-state index < -0.39 is 21.5 Å². The lowest BCUT2D eigenvalue weighted by Gasteiger charge is -2.21. The molecule has 6 nitrogen and oxygen atoms in total. The molecule has 0 aliphatic carbocycles. The Kier molecular flexibility index (Phi) is 4.21. The van der Waals surface area contributed by atoms with E-state index in [4.69, 9.17) is 9.84 Å². The van der Waals surface area contributed by atoms with Crippen molar-refractivity contribution >= 4 is 16.0 Å². The highest BCUT2D eigenvalue weighted by molar-refractivity contribution is 7.89. The van der Waals surface area contributed by atoms with E-state index in [0.717, 1.165) is 0 Å². The van der Waals surface area contributed by atoms with Crippen LogP contribution in [0.1, 0.15) is 31.1 Å². The molecule has 1 aromatic carbocycles. The molecule has 0 heterocycles. The first-order valence-electron chi connectivity index (χ1n) is 5.52. The molecular formula is C12H17NO5S. The van der Waals surface area contributed by atoms with Crippen molar-refractivity contribution in [1.29, 1.82) is 0 Å². The highest BCUT2D eigenvalue weighted by atomic mass is 32.2. The van der Waals surface area contributed by atoms with Gasteiger partial charge in [0.2, 0.25) is 10.0 Å². The Bertz CT molecular complexity index is 587. The van der Waals surface area contributed by atoms with Gasteiger partial charge in [-0.2, -0.15) is 0 Å². The van der Waals surface area contributed by atoms with Gasteiger partial charge in [-0.3, -0.25) is 0 Å². The number of carboxylic acid groups (broad SMARTS) is 1. The number of rotatable bonds is 4. The van der Waals surface area contributed by atoms with Crippen LogP contribution in [0.15, 0.2) is 23.1 Å². The predicted molar refractivity (Wildman–Crippen MR) is 70.0 cm³/mol. The van der Waals surface area contributed by atoms with Gasteiger partial charge in [0.05, 0.1) is 12.7 Å². The summed E-state index contributed by atoms with van der Waals surface area (Å²) < 4.78 is 31.8. The zero-order chi connectivity index (χ0) is 14.8. The lowest BCUT2D eigenvalue weighted by atomic mass is 10.1. The number of ether oxygens (including phenoxy) is 1. The average Bonchev–Trinajstić information content (AvgIpc) is 2.24.